The van der Waals surface area contributed by atoms with Crippen molar-refractivity contribution in [3.8, 4) is 0 Å². The fourth-order valence-electron chi connectivity index (χ4n) is 1.53. The molecule has 0 bridgehead atoms. The lowest BCUT2D eigenvalue weighted by atomic mass is 10.2. The molecule has 5 nitrogen and oxygen atoms in total. The van der Waals surface area contributed by atoms with Gasteiger partial charge in [0.05, 0.1) is 6.61 Å². The highest BCUT2D eigenvalue weighted by Crippen LogP contribution is 2.18. The van der Waals surface area contributed by atoms with Gasteiger partial charge >= 0.3 is 0 Å². The summed E-state index contributed by atoms with van der Waals surface area (Å²) >= 11 is 0. The number of morpholine rings is 1. The Labute approximate surface area is 87.8 Å². The van der Waals surface area contributed by atoms with Crippen LogP contribution in [0.4, 0.5) is 11.4 Å². The van der Waals surface area contributed by atoms with Gasteiger partial charge in [-0.2, -0.15) is 0 Å². The topological polar surface area (TPSA) is 67.6 Å². The van der Waals surface area contributed by atoms with Crippen LogP contribution in [0.25, 0.3) is 0 Å². The monoisotopic (exact) mass is 207 g/mol. The zero-order valence-electron chi connectivity index (χ0n) is 8.27. The smallest absolute Gasteiger partial charge is 0.253 e. The van der Waals surface area contributed by atoms with E-state index in [4.69, 9.17) is 10.6 Å². The normalized spacial score (nSPS) is 16.6. The molecule has 1 fully saturated rings. The second-order valence-corrected chi connectivity index (χ2v) is 3.29. The molecule has 15 heavy (non-hydrogen) atoms. The summed E-state index contributed by atoms with van der Waals surface area (Å²) in [4.78, 5) is 13.2. The third-order valence-electron chi connectivity index (χ3n) is 2.33. The summed E-state index contributed by atoms with van der Waals surface area (Å²) < 4.78 is 5.05. The first kappa shape index (κ1) is 9.95. The number of ether oxygens (including phenoxy) is 1. The van der Waals surface area contributed by atoms with Crippen molar-refractivity contribution in [1.29, 1.82) is 0 Å². The van der Waals surface area contributed by atoms with Gasteiger partial charge in [-0.1, -0.05) is 0 Å². The number of nitrogen functional groups attached to an aromatic ring is 1. The molecule has 1 amide bonds. The lowest BCUT2D eigenvalue weighted by Crippen LogP contribution is -2.41. The number of amides is 1. The second-order valence-electron chi connectivity index (χ2n) is 3.29. The second kappa shape index (κ2) is 4.29. The van der Waals surface area contributed by atoms with Gasteiger partial charge in [-0.25, -0.2) is 0 Å². The fourth-order valence-corrected chi connectivity index (χ4v) is 1.53. The van der Waals surface area contributed by atoms with Crippen LogP contribution in [0.5, 0.6) is 0 Å². The van der Waals surface area contributed by atoms with Gasteiger partial charge in [0.25, 0.3) is 5.91 Å². The zero-order chi connectivity index (χ0) is 10.7. The van der Waals surface area contributed by atoms with E-state index in [1.807, 2.05) is 24.3 Å². The Hall–Kier alpha value is -1.59. The molecule has 1 aromatic carbocycles. The molecule has 0 spiro atoms. The first-order valence-corrected chi connectivity index (χ1v) is 4.76. The summed E-state index contributed by atoms with van der Waals surface area (Å²) in [5, 5.41) is 0. The third kappa shape index (κ3) is 2.08. The van der Waals surface area contributed by atoms with Crippen LogP contribution in [0.15, 0.2) is 24.3 Å². The summed E-state index contributed by atoms with van der Waals surface area (Å²) in [6.45, 7) is 1.35. The van der Waals surface area contributed by atoms with Gasteiger partial charge in [0.15, 0.2) is 0 Å². The Balaban J connectivity index is 2.17. The van der Waals surface area contributed by atoms with Gasteiger partial charge in [-0.05, 0) is 24.3 Å². The minimum absolute atomic E-state index is 0.00490. The van der Waals surface area contributed by atoms with Crippen LogP contribution in [-0.4, -0.2) is 25.7 Å². The number of anilines is 2. The molecule has 0 atom stereocenters. The largest absolute Gasteiger partial charge is 0.370 e. The number of hydrogen-bond acceptors (Lipinski definition) is 4. The van der Waals surface area contributed by atoms with Crippen molar-refractivity contribution in [1.82, 2.24) is 0 Å². The fraction of sp³-hybridized carbons (Fsp3) is 0.300. The van der Waals surface area contributed by atoms with E-state index in [0.717, 1.165) is 11.4 Å². The van der Waals surface area contributed by atoms with Gasteiger partial charge in [-0.15, -0.1) is 0 Å². The Morgan fingerprint density at radius 1 is 1.33 bits per heavy atom. The van der Waals surface area contributed by atoms with Gasteiger partial charge in [0, 0.05) is 17.9 Å². The predicted molar refractivity (Wildman–Crippen MR) is 57.4 cm³/mol. The highest BCUT2D eigenvalue weighted by Gasteiger charge is 2.19. The van der Waals surface area contributed by atoms with Crippen LogP contribution in [0.2, 0.25) is 0 Å². The van der Waals surface area contributed by atoms with Crippen molar-refractivity contribution in [3.05, 3.63) is 24.3 Å². The zero-order valence-corrected chi connectivity index (χ0v) is 8.27. The maximum absolute atomic E-state index is 11.5. The minimum Gasteiger partial charge on any atom is -0.370 e. The van der Waals surface area contributed by atoms with Crippen LogP contribution in [-0.2, 0) is 9.53 Å². The number of nitrogens with zero attached hydrogens (tertiary/aromatic N) is 1. The van der Waals surface area contributed by atoms with E-state index in [1.165, 1.54) is 0 Å². The Morgan fingerprint density at radius 3 is 2.67 bits per heavy atom. The summed E-state index contributed by atoms with van der Waals surface area (Å²) in [7, 11) is 0. The molecule has 2 rings (SSSR count). The molecule has 3 N–H and O–H groups in total. The molecule has 1 aliphatic heterocycles. The molecule has 1 aromatic rings. The van der Waals surface area contributed by atoms with Crippen molar-refractivity contribution >= 4 is 17.3 Å². The van der Waals surface area contributed by atoms with Crippen LogP contribution < -0.4 is 16.2 Å². The van der Waals surface area contributed by atoms with Crippen molar-refractivity contribution in [2.75, 3.05) is 30.1 Å². The predicted octanol–water partition coefficient (Wildman–Crippen LogP) is 0.335. The molecule has 0 aliphatic carbocycles. The lowest BCUT2D eigenvalue weighted by molar-refractivity contribution is -0.125. The van der Waals surface area contributed by atoms with Crippen LogP contribution in [0.1, 0.15) is 0 Å². The van der Waals surface area contributed by atoms with Gasteiger partial charge in [0.1, 0.15) is 6.61 Å². The Bertz CT molecular complexity index is 350. The Morgan fingerprint density at radius 2 is 2.07 bits per heavy atom. The molecule has 0 saturated carbocycles. The molecule has 1 heterocycles. The number of benzene rings is 1. The highest BCUT2D eigenvalue weighted by molar-refractivity contribution is 5.94. The van der Waals surface area contributed by atoms with Crippen LogP contribution in [0.3, 0.4) is 0 Å². The maximum Gasteiger partial charge on any atom is 0.253 e. The number of hydrogen-bond donors (Lipinski definition) is 2. The van der Waals surface area contributed by atoms with Crippen molar-refractivity contribution in [3.63, 3.8) is 0 Å². The summed E-state index contributed by atoms with van der Waals surface area (Å²) in [6.07, 6.45) is 0. The molecule has 5 heteroatoms. The summed E-state index contributed by atoms with van der Waals surface area (Å²) in [5.74, 6) is 5.25. The Kier molecular flexibility index (Phi) is 2.84. The molecular formula is C10H13N3O2. The average molecular weight is 207 g/mol. The molecule has 1 aliphatic rings. The maximum atomic E-state index is 11.5. The standard InChI is InChI=1S/C10H13N3O2/c11-12-8-1-3-9(4-2-8)13-5-6-15-7-10(13)14/h1-4,12H,5-7,11H2. The van der Waals surface area contributed by atoms with Crippen molar-refractivity contribution in [2.45, 2.75) is 0 Å². The van der Waals surface area contributed by atoms with E-state index in [1.54, 1.807) is 4.90 Å². The SMILES string of the molecule is NNc1ccc(N2CCOCC2=O)cc1. The molecule has 0 unspecified atom stereocenters. The number of nitrogens with one attached hydrogen (secondary N) is 1. The molecule has 0 radical (unpaired) electrons. The highest BCUT2D eigenvalue weighted by atomic mass is 16.5. The average Bonchev–Trinajstić information content (AvgIpc) is 2.30. The van der Waals surface area contributed by atoms with Crippen LogP contribution in [0, 0.1) is 0 Å². The summed E-state index contributed by atoms with van der Waals surface area (Å²) in [6, 6.07) is 7.38. The van der Waals surface area contributed by atoms with Gasteiger partial charge < -0.3 is 15.1 Å². The van der Waals surface area contributed by atoms with E-state index >= 15 is 0 Å². The summed E-state index contributed by atoms with van der Waals surface area (Å²) in [5.41, 5.74) is 4.24. The molecule has 80 valence electrons. The first-order chi connectivity index (χ1) is 7.31. The third-order valence-corrected chi connectivity index (χ3v) is 2.33. The van der Waals surface area contributed by atoms with E-state index in [-0.39, 0.29) is 12.5 Å². The minimum atomic E-state index is -0.00490. The van der Waals surface area contributed by atoms with E-state index in [9.17, 15) is 4.79 Å². The van der Waals surface area contributed by atoms with Gasteiger partial charge in [-0.3, -0.25) is 10.6 Å². The lowest BCUT2D eigenvalue weighted by Gasteiger charge is -2.26. The number of carbonyl (C=O) groups excluding carboxylic acids is 1. The molecule has 0 aromatic heterocycles. The molecular weight excluding hydrogens is 194 g/mol. The van der Waals surface area contributed by atoms with E-state index in [0.29, 0.717) is 13.2 Å². The number of nitrogens with two attached hydrogens (primary N) is 1. The van der Waals surface area contributed by atoms with E-state index in [2.05, 4.69) is 5.43 Å². The van der Waals surface area contributed by atoms with E-state index < -0.39 is 0 Å². The number of hydrazine groups is 1. The van der Waals surface area contributed by atoms with Crippen molar-refractivity contribution in [2.24, 2.45) is 5.84 Å². The molecule has 1 saturated heterocycles. The van der Waals surface area contributed by atoms with Crippen molar-refractivity contribution < 1.29 is 9.53 Å². The number of carbonyl (C=O) groups is 1. The van der Waals surface area contributed by atoms with Gasteiger partial charge in [0.2, 0.25) is 0 Å². The number of rotatable bonds is 2. The quantitative estimate of drug-likeness (QED) is 0.542. The van der Waals surface area contributed by atoms with Crippen LogP contribution >= 0.6 is 0 Å². The first-order valence-electron chi connectivity index (χ1n) is 4.76.